The summed E-state index contributed by atoms with van der Waals surface area (Å²) >= 11 is 0. The molecular formula is C9H18N2O3. The van der Waals surface area contributed by atoms with E-state index in [1.807, 2.05) is 6.92 Å². The van der Waals surface area contributed by atoms with Crippen molar-refractivity contribution in [2.75, 3.05) is 13.1 Å². The van der Waals surface area contributed by atoms with E-state index in [0.29, 0.717) is 25.9 Å². The normalized spacial score (nSPS) is 12.1. The Kier molecular flexibility index (Phi) is 6.74. The maximum absolute atomic E-state index is 11.0. The van der Waals surface area contributed by atoms with Crippen molar-refractivity contribution in [1.82, 2.24) is 5.32 Å². The molecule has 0 aromatic heterocycles. The van der Waals surface area contributed by atoms with Crippen molar-refractivity contribution >= 4 is 11.9 Å². The number of hydrogen-bond donors (Lipinski definition) is 3. The molecular weight excluding hydrogens is 184 g/mol. The summed E-state index contributed by atoms with van der Waals surface area (Å²) in [6, 6.07) is 0. The fraction of sp³-hybridized carbons (Fsp3) is 0.778. The van der Waals surface area contributed by atoms with E-state index >= 15 is 0 Å². The van der Waals surface area contributed by atoms with Gasteiger partial charge in [-0.25, -0.2) is 0 Å². The number of carboxylic acid groups (broad SMARTS) is 1. The molecule has 0 heterocycles. The van der Waals surface area contributed by atoms with Gasteiger partial charge in [0, 0.05) is 25.9 Å². The molecule has 82 valence electrons. The van der Waals surface area contributed by atoms with Gasteiger partial charge in [0.1, 0.15) is 0 Å². The molecule has 0 spiro atoms. The second kappa shape index (κ2) is 7.32. The molecule has 0 saturated carbocycles. The summed E-state index contributed by atoms with van der Waals surface area (Å²) in [5.41, 5.74) is 5.20. The lowest BCUT2D eigenvalue weighted by molar-refractivity contribution is -0.137. The van der Waals surface area contributed by atoms with Gasteiger partial charge in [0.25, 0.3) is 0 Å². The van der Waals surface area contributed by atoms with Crippen LogP contribution >= 0.6 is 0 Å². The van der Waals surface area contributed by atoms with Crippen molar-refractivity contribution in [3.8, 4) is 0 Å². The van der Waals surface area contributed by atoms with Gasteiger partial charge in [0.15, 0.2) is 0 Å². The minimum atomic E-state index is -0.801. The summed E-state index contributed by atoms with van der Waals surface area (Å²) in [5, 5.41) is 11.1. The smallest absolute Gasteiger partial charge is 0.303 e. The Morgan fingerprint density at radius 3 is 2.57 bits per heavy atom. The average molecular weight is 202 g/mol. The summed E-state index contributed by atoms with van der Waals surface area (Å²) < 4.78 is 0. The Balaban J connectivity index is 3.48. The highest BCUT2D eigenvalue weighted by atomic mass is 16.4. The lowest BCUT2D eigenvalue weighted by atomic mass is 10.1. The van der Waals surface area contributed by atoms with Crippen LogP contribution in [-0.4, -0.2) is 30.1 Å². The zero-order valence-corrected chi connectivity index (χ0v) is 8.45. The SMILES string of the molecule is CC(CCC(=O)O)CNC(=O)CCN. The zero-order valence-electron chi connectivity index (χ0n) is 8.45. The van der Waals surface area contributed by atoms with E-state index < -0.39 is 5.97 Å². The highest BCUT2D eigenvalue weighted by Gasteiger charge is 2.06. The maximum Gasteiger partial charge on any atom is 0.303 e. The van der Waals surface area contributed by atoms with Gasteiger partial charge in [-0.05, 0) is 12.3 Å². The molecule has 5 nitrogen and oxygen atoms in total. The highest BCUT2D eigenvalue weighted by molar-refractivity contribution is 5.76. The molecule has 0 fully saturated rings. The molecule has 0 radical (unpaired) electrons. The molecule has 0 aromatic carbocycles. The van der Waals surface area contributed by atoms with Crippen LogP contribution in [0, 0.1) is 5.92 Å². The van der Waals surface area contributed by atoms with E-state index in [2.05, 4.69) is 5.32 Å². The zero-order chi connectivity index (χ0) is 11.0. The van der Waals surface area contributed by atoms with Gasteiger partial charge in [-0.2, -0.15) is 0 Å². The van der Waals surface area contributed by atoms with Crippen LogP contribution in [0.1, 0.15) is 26.2 Å². The third kappa shape index (κ3) is 7.54. The molecule has 0 aliphatic heterocycles. The fourth-order valence-electron chi connectivity index (χ4n) is 0.979. The largest absolute Gasteiger partial charge is 0.481 e. The lowest BCUT2D eigenvalue weighted by Crippen LogP contribution is -2.29. The first-order valence-corrected chi connectivity index (χ1v) is 4.74. The molecule has 1 amide bonds. The van der Waals surface area contributed by atoms with Gasteiger partial charge >= 0.3 is 5.97 Å². The van der Waals surface area contributed by atoms with E-state index in [1.165, 1.54) is 0 Å². The van der Waals surface area contributed by atoms with Crippen LogP contribution in [0.5, 0.6) is 0 Å². The van der Waals surface area contributed by atoms with Gasteiger partial charge in [0.05, 0.1) is 0 Å². The standard InChI is InChI=1S/C9H18N2O3/c1-7(2-3-9(13)14)6-11-8(12)4-5-10/h7H,2-6,10H2,1H3,(H,11,12)(H,13,14). The number of hydrogen-bond acceptors (Lipinski definition) is 3. The van der Waals surface area contributed by atoms with Crippen molar-refractivity contribution < 1.29 is 14.7 Å². The number of rotatable bonds is 7. The predicted octanol–water partition coefficient (Wildman–Crippen LogP) is -0.0477. The second-order valence-electron chi connectivity index (χ2n) is 3.38. The summed E-state index contributed by atoms with van der Waals surface area (Å²) in [7, 11) is 0. The van der Waals surface area contributed by atoms with Crippen LogP contribution in [0.4, 0.5) is 0 Å². The quantitative estimate of drug-likeness (QED) is 0.539. The van der Waals surface area contributed by atoms with E-state index in [-0.39, 0.29) is 18.2 Å². The summed E-state index contributed by atoms with van der Waals surface area (Å²) in [4.78, 5) is 21.2. The monoisotopic (exact) mass is 202 g/mol. The predicted molar refractivity (Wildman–Crippen MR) is 52.7 cm³/mol. The van der Waals surface area contributed by atoms with E-state index in [4.69, 9.17) is 10.8 Å². The maximum atomic E-state index is 11.0. The molecule has 1 atom stereocenters. The molecule has 0 aromatic rings. The van der Waals surface area contributed by atoms with Crippen LogP contribution in [0.15, 0.2) is 0 Å². The van der Waals surface area contributed by atoms with E-state index in [9.17, 15) is 9.59 Å². The molecule has 4 N–H and O–H groups in total. The first-order chi connectivity index (χ1) is 6.56. The number of nitrogens with one attached hydrogen (secondary N) is 1. The molecule has 0 bridgehead atoms. The van der Waals surface area contributed by atoms with Gasteiger partial charge in [-0.15, -0.1) is 0 Å². The summed E-state index contributed by atoms with van der Waals surface area (Å²) in [6.07, 6.45) is 1.05. The van der Waals surface area contributed by atoms with Crippen LogP contribution in [0.25, 0.3) is 0 Å². The Morgan fingerprint density at radius 2 is 2.07 bits per heavy atom. The van der Waals surface area contributed by atoms with Crippen molar-refractivity contribution in [1.29, 1.82) is 0 Å². The lowest BCUT2D eigenvalue weighted by Gasteiger charge is -2.10. The number of aliphatic carboxylic acids is 1. The second-order valence-corrected chi connectivity index (χ2v) is 3.38. The number of carboxylic acids is 1. The molecule has 0 aliphatic carbocycles. The van der Waals surface area contributed by atoms with Crippen molar-refractivity contribution in [3.05, 3.63) is 0 Å². The van der Waals surface area contributed by atoms with Gasteiger partial charge in [-0.3, -0.25) is 9.59 Å². The topological polar surface area (TPSA) is 92.4 Å². The van der Waals surface area contributed by atoms with Crippen molar-refractivity contribution in [2.45, 2.75) is 26.2 Å². The van der Waals surface area contributed by atoms with Crippen LogP contribution in [0.2, 0.25) is 0 Å². The first-order valence-electron chi connectivity index (χ1n) is 4.74. The Labute approximate surface area is 83.7 Å². The first kappa shape index (κ1) is 12.9. The Morgan fingerprint density at radius 1 is 1.43 bits per heavy atom. The fourth-order valence-corrected chi connectivity index (χ4v) is 0.979. The van der Waals surface area contributed by atoms with Gasteiger partial charge < -0.3 is 16.2 Å². The van der Waals surface area contributed by atoms with Crippen molar-refractivity contribution in [2.24, 2.45) is 11.7 Å². The highest BCUT2D eigenvalue weighted by Crippen LogP contribution is 2.03. The van der Waals surface area contributed by atoms with Gasteiger partial charge in [0.2, 0.25) is 5.91 Å². The number of carbonyl (C=O) groups is 2. The Hall–Kier alpha value is -1.10. The third-order valence-corrected chi connectivity index (χ3v) is 1.87. The Bertz CT molecular complexity index is 194. The number of amides is 1. The number of nitrogens with two attached hydrogens (primary N) is 1. The van der Waals surface area contributed by atoms with Crippen LogP contribution in [-0.2, 0) is 9.59 Å². The molecule has 0 rings (SSSR count). The summed E-state index contributed by atoms with van der Waals surface area (Å²) in [6.45, 7) is 2.77. The minimum absolute atomic E-state index is 0.0744. The number of carbonyl (C=O) groups excluding carboxylic acids is 1. The van der Waals surface area contributed by atoms with E-state index in [0.717, 1.165) is 0 Å². The summed E-state index contributed by atoms with van der Waals surface area (Å²) in [5.74, 6) is -0.687. The molecule has 0 aliphatic rings. The van der Waals surface area contributed by atoms with Crippen LogP contribution < -0.4 is 11.1 Å². The molecule has 0 saturated heterocycles. The molecule has 5 heteroatoms. The molecule has 14 heavy (non-hydrogen) atoms. The average Bonchev–Trinajstić information content (AvgIpc) is 2.12. The third-order valence-electron chi connectivity index (χ3n) is 1.87. The minimum Gasteiger partial charge on any atom is -0.481 e. The van der Waals surface area contributed by atoms with Gasteiger partial charge in [-0.1, -0.05) is 6.92 Å². The van der Waals surface area contributed by atoms with Crippen molar-refractivity contribution in [3.63, 3.8) is 0 Å². The van der Waals surface area contributed by atoms with E-state index in [1.54, 1.807) is 0 Å². The van der Waals surface area contributed by atoms with Crippen LogP contribution in [0.3, 0.4) is 0 Å². The molecule has 1 unspecified atom stereocenters.